The van der Waals surface area contributed by atoms with Gasteiger partial charge in [-0.15, -0.1) is 22.7 Å². The predicted molar refractivity (Wildman–Crippen MR) is 646 cm³/mol. The van der Waals surface area contributed by atoms with Gasteiger partial charge < -0.3 is 22.8 Å². The standard InChI is InChI=1S/C41H49N.C28H23N.2C25H17NS.C23H17N/c1-4-6-8-10-12-18-27-41(26-17-11-9-7-5-2)37-24-15-13-22-33(37)35-29-36-34-23-14-16-25-39(34)42(40(36)30-38(35)41)32-21-19-20-31(3)28-32;1-18-9-8-10-19(15-18)29-26-14-7-5-12-21(26)23-16-22-20-11-4-6-13-24(20)28(2,3)25(22)17-27(23)29;1-16-7-6-8-17(13-16)26-22-11-4-2-9-18(22)20-14-21-19-10-3-5-12-24(19)27-25(21)15-23(20)26;1-16-10-12-17(13-11-16)26-22-8-4-2-6-18(22)20-15-25-21(14-23(20)26)19-7-3-5-9-24(19)27-25;1-16-7-6-10-19(13-16)24-22-12-5-4-11-20(22)21-14-17-8-2-3-9-18(17)15-23(21)24/h13-16,19-25,28-30H,4-12,17-18,26-27H2,1-3H3;4-17H,1-3H3;2*2-15H,1H3;2-15H,1H3. The lowest BCUT2D eigenvalue weighted by molar-refractivity contribution is 0.398. The normalized spacial score (nSPS) is 13.4. The lowest BCUT2D eigenvalue weighted by Crippen LogP contribution is -2.25. The molecule has 0 bridgehead atoms. The highest BCUT2D eigenvalue weighted by molar-refractivity contribution is 7.26. The van der Waals surface area contributed by atoms with Crippen LogP contribution in [0.5, 0.6) is 0 Å². The number of hydrogen-bond acceptors (Lipinski definition) is 2. The van der Waals surface area contributed by atoms with Crippen molar-refractivity contribution in [1.29, 1.82) is 0 Å². The minimum absolute atomic E-state index is 0.00794. The molecule has 1 atom stereocenters. The number of aromatic nitrogens is 5. The van der Waals surface area contributed by atoms with Crippen molar-refractivity contribution in [2.75, 3.05) is 0 Å². The van der Waals surface area contributed by atoms with E-state index in [1.165, 1.54) is 333 Å². The summed E-state index contributed by atoms with van der Waals surface area (Å²) in [5.41, 5.74) is 37.2. The van der Waals surface area contributed by atoms with E-state index in [4.69, 9.17) is 0 Å². The van der Waals surface area contributed by atoms with Crippen molar-refractivity contribution in [1.82, 2.24) is 22.8 Å². The van der Waals surface area contributed by atoms with Gasteiger partial charge in [-0.3, -0.25) is 0 Å². The molecule has 27 aromatic rings. The summed E-state index contributed by atoms with van der Waals surface area (Å²) in [6.45, 7) is 20.1. The third-order valence-corrected chi connectivity index (χ3v) is 34.6. The fraction of sp³-hybridized carbons (Fsp3) is 0.169. The summed E-state index contributed by atoms with van der Waals surface area (Å²) < 4.78 is 17.5. The molecule has 7 heterocycles. The number of rotatable bonds is 18. The molecule has 29 rings (SSSR count). The Morgan fingerprint density at radius 1 is 0.188 bits per heavy atom. The van der Waals surface area contributed by atoms with Crippen LogP contribution >= 0.6 is 22.7 Å². The Bertz CT molecular complexity index is 9860. The fourth-order valence-corrected chi connectivity index (χ4v) is 27.4. The molecule has 0 N–H and O–H groups in total. The topological polar surface area (TPSA) is 24.6 Å². The number of para-hydroxylation sites is 5. The second-order valence-corrected chi connectivity index (χ2v) is 44.6. The average Bonchev–Trinajstić information content (AvgIpc) is 1.54. The molecule has 728 valence electrons. The van der Waals surface area contributed by atoms with Gasteiger partial charge in [0.15, 0.2) is 0 Å². The van der Waals surface area contributed by atoms with E-state index < -0.39 is 0 Å². The largest absolute Gasteiger partial charge is 0.309 e. The van der Waals surface area contributed by atoms with Crippen molar-refractivity contribution in [2.24, 2.45) is 0 Å². The molecule has 1 unspecified atom stereocenters. The molecular formula is C142H123N5S2. The molecule has 0 saturated heterocycles. The van der Waals surface area contributed by atoms with E-state index in [0.717, 1.165) is 0 Å². The summed E-state index contributed by atoms with van der Waals surface area (Å²) in [6, 6.07) is 157. The quantitative estimate of drug-likeness (QED) is 0.0765. The van der Waals surface area contributed by atoms with E-state index in [1.54, 1.807) is 11.1 Å². The lowest BCUT2D eigenvalue weighted by atomic mass is 9.70. The minimum atomic E-state index is 0.00794. The molecule has 7 aromatic heterocycles. The number of benzene rings is 20. The van der Waals surface area contributed by atoms with Crippen molar-refractivity contribution in [3.63, 3.8) is 0 Å². The van der Waals surface area contributed by atoms with Gasteiger partial charge in [-0.25, -0.2) is 0 Å². The Kier molecular flexibility index (Phi) is 24.9. The predicted octanol–water partition coefficient (Wildman–Crippen LogP) is 41.0. The number of thiophene rings is 2. The molecule has 0 radical (unpaired) electrons. The Hall–Kier alpha value is -15.9. The second-order valence-electron chi connectivity index (χ2n) is 42.4. The van der Waals surface area contributed by atoms with Crippen LogP contribution < -0.4 is 0 Å². The van der Waals surface area contributed by atoms with Gasteiger partial charge in [0.2, 0.25) is 0 Å². The molecule has 5 nitrogen and oxygen atoms in total. The summed E-state index contributed by atoms with van der Waals surface area (Å²) in [4.78, 5) is 0. The highest BCUT2D eigenvalue weighted by atomic mass is 32.1. The van der Waals surface area contributed by atoms with Crippen LogP contribution in [-0.4, -0.2) is 22.8 Å². The highest BCUT2D eigenvalue weighted by Crippen LogP contribution is 2.58. The number of nitrogens with zero attached hydrogens (tertiary/aromatic N) is 5. The summed E-state index contributed by atoms with van der Waals surface area (Å²) in [5, 5.41) is 21.2. The van der Waals surface area contributed by atoms with E-state index in [9.17, 15) is 0 Å². The van der Waals surface area contributed by atoms with Crippen molar-refractivity contribution >= 4 is 183 Å². The highest BCUT2D eigenvalue weighted by Gasteiger charge is 2.43. The third-order valence-electron chi connectivity index (χ3n) is 32.3. The minimum Gasteiger partial charge on any atom is -0.309 e. The fourth-order valence-electron chi connectivity index (χ4n) is 25.2. The van der Waals surface area contributed by atoms with Gasteiger partial charge >= 0.3 is 0 Å². The SMILES string of the molecule is CCCCCCCCC1(CCCCCCC)c2ccccc2-c2cc3c4ccccc4n(-c4cccc(C)c4)c3cc21.Cc1ccc(-n2c3ccccc3c3cc4sc5ccccc5c4cc32)cc1.Cc1cccc(-n2c3ccccc3c3cc4c(cc32)C(C)(C)c2ccccc2-4)c1.Cc1cccc(-n2c3ccccc3c3cc4c(cc32)sc2ccccc24)c1.Cc1cccc(-n2c3ccccc3c3cc4ccccc4cc32)c1. The Labute approximate surface area is 880 Å². The van der Waals surface area contributed by atoms with Gasteiger partial charge in [0.25, 0.3) is 0 Å². The van der Waals surface area contributed by atoms with E-state index in [-0.39, 0.29) is 10.8 Å². The molecule has 2 aliphatic carbocycles. The van der Waals surface area contributed by atoms with Gasteiger partial charge in [0.1, 0.15) is 0 Å². The second kappa shape index (κ2) is 39.4. The molecule has 0 amide bonds. The maximum absolute atomic E-state index is 2.62. The first-order chi connectivity index (χ1) is 73.1. The average molecular weight is 1960 g/mol. The first-order valence-corrected chi connectivity index (χ1v) is 55.6. The Morgan fingerprint density at radius 3 is 0.980 bits per heavy atom. The van der Waals surface area contributed by atoms with Crippen LogP contribution in [0.4, 0.5) is 0 Å². The Morgan fingerprint density at radius 2 is 0.517 bits per heavy atom. The van der Waals surface area contributed by atoms with Gasteiger partial charge in [-0.05, 0) is 289 Å². The molecule has 0 saturated carbocycles. The van der Waals surface area contributed by atoms with Gasteiger partial charge in [0, 0.05) is 133 Å². The summed E-state index contributed by atoms with van der Waals surface area (Å²) in [6.07, 6.45) is 17.3. The summed E-state index contributed by atoms with van der Waals surface area (Å²) in [5.74, 6) is 0. The van der Waals surface area contributed by atoms with Crippen LogP contribution in [0.1, 0.15) is 161 Å². The van der Waals surface area contributed by atoms with E-state index >= 15 is 0 Å². The first kappa shape index (κ1) is 94.1. The van der Waals surface area contributed by atoms with Gasteiger partial charge in [-0.1, -0.05) is 365 Å². The molecule has 20 aromatic carbocycles. The molecular weight excluding hydrogens is 1840 g/mol. The maximum Gasteiger partial charge on any atom is 0.0555 e. The maximum atomic E-state index is 2.62. The molecule has 7 heteroatoms. The van der Waals surface area contributed by atoms with Gasteiger partial charge in [-0.2, -0.15) is 0 Å². The van der Waals surface area contributed by atoms with Crippen molar-refractivity contribution < 1.29 is 0 Å². The molecule has 0 spiro atoms. The van der Waals surface area contributed by atoms with Crippen molar-refractivity contribution in [3.8, 4) is 50.7 Å². The molecule has 0 fully saturated rings. The third kappa shape index (κ3) is 16.8. The molecule has 2 aliphatic rings. The lowest BCUT2D eigenvalue weighted by Gasteiger charge is -2.33. The first-order valence-electron chi connectivity index (χ1n) is 53.9. The Balaban J connectivity index is 0.0000000979. The zero-order chi connectivity index (χ0) is 101. The van der Waals surface area contributed by atoms with Gasteiger partial charge in [0.05, 0.1) is 55.2 Å². The monoisotopic (exact) mass is 1960 g/mol. The number of fused-ring (bicyclic) bond motifs is 28. The molecule has 0 aliphatic heterocycles. The van der Waals surface area contributed by atoms with Crippen LogP contribution in [0.3, 0.4) is 0 Å². The summed E-state index contributed by atoms with van der Waals surface area (Å²) in [7, 11) is 0. The van der Waals surface area contributed by atoms with Crippen LogP contribution in [0.25, 0.3) is 211 Å². The number of unbranched alkanes of at least 4 members (excludes halogenated alkanes) is 9. The van der Waals surface area contributed by atoms with Crippen molar-refractivity contribution in [2.45, 2.75) is 157 Å². The van der Waals surface area contributed by atoms with E-state index in [0.29, 0.717) is 0 Å². The smallest absolute Gasteiger partial charge is 0.0555 e. The van der Waals surface area contributed by atoms with E-state index in [2.05, 4.69) is 510 Å². The van der Waals surface area contributed by atoms with Crippen LogP contribution in [0.2, 0.25) is 0 Å². The molecule has 149 heavy (non-hydrogen) atoms. The van der Waals surface area contributed by atoms with E-state index in [1.807, 2.05) is 22.7 Å². The summed E-state index contributed by atoms with van der Waals surface area (Å²) >= 11 is 3.76. The number of aryl methyl sites for hydroxylation is 5. The number of hydrogen-bond donors (Lipinski definition) is 0. The zero-order valence-electron chi connectivity index (χ0n) is 86.7. The van der Waals surface area contributed by atoms with Crippen LogP contribution in [-0.2, 0) is 10.8 Å². The van der Waals surface area contributed by atoms with Crippen LogP contribution in [0.15, 0.2) is 425 Å². The van der Waals surface area contributed by atoms with Crippen LogP contribution in [0, 0.1) is 34.6 Å². The van der Waals surface area contributed by atoms with Crippen molar-refractivity contribution in [3.05, 3.63) is 475 Å². The zero-order valence-corrected chi connectivity index (χ0v) is 88.3.